The number of hydrogen-bond acceptors (Lipinski definition) is 8. The predicted octanol–water partition coefficient (Wildman–Crippen LogP) is 0.364. The van der Waals surface area contributed by atoms with Gasteiger partial charge in [-0.1, -0.05) is 0 Å². The Kier molecular flexibility index (Phi) is 5.75. The number of nitro groups is 1. The minimum Gasteiger partial charge on any atom is -0.374 e. The lowest BCUT2D eigenvalue weighted by molar-refractivity contribution is -0.383. The summed E-state index contributed by atoms with van der Waals surface area (Å²) in [6.45, 7) is -0.658. The Bertz CT molecular complexity index is 433. The minimum absolute atomic E-state index is 0.0448. The van der Waals surface area contributed by atoms with Gasteiger partial charge in [-0.2, -0.15) is 0 Å². The number of nitrogens with zero attached hydrogens (tertiary/aromatic N) is 3. The van der Waals surface area contributed by atoms with Crippen LogP contribution in [0.2, 0.25) is 0 Å². The van der Waals surface area contributed by atoms with Gasteiger partial charge in [-0.25, -0.2) is 24.6 Å². The van der Waals surface area contributed by atoms with Crippen molar-refractivity contribution in [3.05, 3.63) is 16.4 Å². The van der Waals surface area contributed by atoms with Gasteiger partial charge in [0, 0.05) is 6.54 Å². The van der Waals surface area contributed by atoms with Crippen molar-refractivity contribution < 1.29 is 18.4 Å². The predicted molar refractivity (Wildman–Crippen MR) is 61.8 cm³/mol. The number of hydrazine groups is 1. The zero-order valence-corrected chi connectivity index (χ0v) is 9.68. The second kappa shape index (κ2) is 7.33. The largest absolute Gasteiger partial charge is 0.374 e. The Hall–Kier alpha value is -2.14. The average molecular weight is 278 g/mol. The lowest BCUT2D eigenvalue weighted by Gasteiger charge is -2.08. The molecule has 4 N–H and O–H groups in total. The molecule has 0 saturated heterocycles. The van der Waals surface area contributed by atoms with Crippen molar-refractivity contribution in [3.63, 3.8) is 0 Å². The Labute approximate surface area is 106 Å². The number of alkyl halides is 2. The minimum atomic E-state index is -2.55. The summed E-state index contributed by atoms with van der Waals surface area (Å²) < 4.78 is 28.2. The van der Waals surface area contributed by atoms with E-state index < -0.39 is 23.6 Å². The van der Waals surface area contributed by atoms with E-state index in [1.54, 1.807) is 0 Å². The molecule has 1 heterocycles. The van der Waals surface area contributed by atoms with Gasteiger partial charge in [-0.05, 0) is 0 Å². The van der Waals surface area contributed by atoms with Crippen LogP contribution in [0.3, 0.4) is 0 Å². The fourth-order valence-electron chi connectivity index (χ4n) is 1.20. The summed E-state index contributed by atoms with van der Waals surface area (Å²) in [7, 11) is 0. The molecule has 1 rings (SSSR count). The molecule has 0 unspecified atom stereocenters. The van der Waals surface area contributed by atoms with Crippen molar-refractivity contribution in [2.75, 3.05) is 30.5 Å². The van der Waals surface area contributed by atoms with Gasteiger partial charge in [-0.15, -0.1) is 0 Å². The maximum Gasteiger partial charge on any atom is 0.354 e. The lowest BCUT2D eigenvalue weighted by Crippen LogP contribution is -2.16. The van der Waals surface area contributed by atoms with E-state index in [1.165, 1.54) is 0 Å². The summed E-state index contributed by atoms with van der Waals surface area (Å²) in [5, 5.41) is 13.4. The van der Waals surface area contributed by atoms with E-state index in [1.807, 2.05) is 0 Å². The molecule has 0 amide bonds. The van der Waals surface area contributed by atoms with E-state index in [4.69, 9.17) is 5.84 Å². The van der Waals surface area contributed by atoms with Crippen LogP contribution in [0.1, 0.15) is 0 Å². The zero-order valence-electron chi connectivity index (χ0n) is 9.68. The summed E-state index contributed by atoms with van der Waals surface area (Å²) in [5.41, 5.74) is 1.64. The topological polar surface area (TPSA) is 128 Å². The van der Waals surface area contributed by atoms with Crippen LogP contribution in [0.4, 0.5) is 26.1 Å². The summed E-state index contributed by atoms with van der Waals surface area (Å²) in [5.74, 6) is 4.85. The van der Waals surface area contributed by atoms with Crippen LogP contribution in [0, 0.1) is 10.1 Å². The van der Waals surface area contributed by atoms with E-state index >= 15 is 0 Å². The fourth-order valence-corrected chi connectivity index (χ4v) is 1.20. The van der Waals surface area contributed by atoms with Crippen molar-refractivity contribution >= 4 is 17.3 Å². The van der Waals surface area contributed by atoms with Crippen molar-refractivity contribution in [2.45, 2.75) is 6.43 Å². The second-order valence-electron chi connectivity index (χ2n) is 3.21. The third-order valence-electron chi connectivity index (χ3n) is 1.92. The van der Waals surface area contributed by atoms with Gasteiger partial charge in [0.25, 0.3) is 6.43 Å². The molecule has 0 aliphatic carbocycles. The molecule has 0 saturated carbocycles. The van der Waals surface area contributed by atoms with Crippen molar-refractivity contribution in [3.8, 4) is 0 Å². The number of ether oxygens (including phenoxy) is 1. The van der Waals surface area contributed by atoms with Gasteiger partial charge < -0.3 is 15.5 Å². The maximum absolute atomic E-state index is 11.8. The van der Waals surface area contributed by atoms with Crippen LogP contribution in [0.5, 0.6) is 0 Å². The molecule has 11 heteroatoms. The van der Waals surface area contributed by atoms with E-state index in [0.29, 0.717) is 0 Å². The molecule has 9 nitrogen and oxygen atoms in total. The standard InChI is InChI=1S/C8H12F2N6O3/c9-5(10)3-19-2-1-12-7-6(16(17)18)8(15-11)14-4-13-7/h4-5H,1-3,11H2,(H2,12,13,14,15). The number of anilines is 2. The molecule has 0 aromatic carbocycles. The van der Waals surface area contributed by atoms with Crippen LogP contribution < -0.4 is 16.6 Å². The monoisotopic (exact) mass is 278 g/mol. The summed E-state index contributed by atoms with van der Waals surface area (Å²) in [6, 6.07) is 0. The highest BCUT2D eigenvalue weighted by molar-refractivity contribution is 5.68. The van der Waals surface area contributed by atoms with Crippen molar-refractivity contribution in [1.29, 1.82) is 0 Å². The summed E-state index contributed by atoms with van der Waals surface area (Å²) in [6.07, 6.45) is -1.48. The number of aromatic nitrogens is 2. The third-order valence-corrected chi connectivity index (χ3v) is 1.92. The van der Waals surface area contributed by atoms with Gasteiger partial charge in [0.1, 0.15) is 12.9 Å². The fraction of sp³-hybridized carbons (Fsp3) is 0.500. The number of nitrogen functional groups attached to an aromatic ring is 1. The van der Waals surface area contributed by atoms with E-state index in [0.717, 1.165) is 6.33 Å². The Balaban J connectivity index is 2.60. The Morgan fingerprint density at radius 2 is 2.16 bits per heavy atom. The van der Waals surface area contributed by atoms with Crippen LogP contribution in [-0.2, 0) is 4.74 Å². The maximum atomic E-state index is 11.8. The molecule has 0 spiro atoms. The van der Waals surface area contributed by atoms with Crippen LogP contribution in [0.15, 0.2) is 6.33 Å². The molecule has 1 aromatic heterocycles. The SMILES string of the molecule is NNc1ncnc(NCCOCC(F)F)c1[N+](=O)[O-]. The number of halogens is 2. The highest BCUT2D eigenvalue weighted by Crippen LogP contribution is 2.27. The quantitative estimate of drug-likeness (QED) is 0.269. The molecule has 106 valence electrons. The first-order chi connectivity index (χ1) is 9.06. The molecule has 0 bridgehead atoms. The second-order valence-corrected chi connectivity index (χ2v) is 3.21. The zero-order chi connectivity index (χ0) is 14.3. The number of hydrogen-bond donors (Lipinski definition) is 3. The average Bonchev–Trinajstić information content (AvgIpc) is 2.37. The smallest absolute Gasteiger partial charge is 0.354 e. The molecular formula is C8H12F2N6O3. The number of nitrogens with one attached hydrogen (secondary N) is 2. The van der Waals surface area contributed by atoms with E-state index in [9.17, 15) is 18.9 Å². The molecule has 0 aliphatic heterocycles. The third kappa shape index (κ3) is 4.56. The molecule has 0 radical (unpaired) electrons. The first kappa shape index (κ1) is 14.9. The van der Waals surface area contributed by atoms with Crippen LogP contribution >= 0.6 is 0 Å². The Morgan fingerprint density at radius 1 is 1.47 bits per heavy atom. The molecular weight excluding hydrogens is 266 g/mol. The Morgan fingerprint density at radius 3 is 2.74 bits per heavy atom. The molecule has 1 aromatic rings. The van der Waals surface area contributed by atoms with E-state index in [2.05, 4.69) is 25.4 Å². The normalized spacial score (nSPS) is 10.5. The first-order valence-corrected chi connectivity index (χ1v) is 5.12. The highest BCUT2D eigenvalue weighted by Gasteiger charge is 2.21. The van der Waals surface area contributed by atoms with Gasteiger partial charge in [0.2, 0.25) is 11.6 Å². The van der Waals surface area contributed by atoms with Gasteiger partial charge >= 0.3 is 5.69 Å². The number of nitrogens with two attached hydrogens (primary N) is 1. The molecule has 0 atom stereocenters. The molecule has 19 heavy (non-hydrogen) atoms. The van der Waals surface area contributed by atoms with Crippen LogP contribution in [0.25, 0.3) is 0 Å². The highest BCUT2D eigenvalue weighted by atomic mass is 19.3. The van der Waals surface area contributed by atoms with Crippen molar-refractivity contribution in [2.24, 2.45) is 5.84 Å². The van der Waals surface area contributed by atoms with E-state index in [-0.39, 0.29) is 24.8 Å². The van der Waals surface area contributed by atoms with Gasteiger partial charge in [-0.3, -0.25) is 10.1 Å². The summed E-state index contributed by atoms with van der Waals surface area (Å²) in [4.78, 5) is 17.4. The molecule has 0 fully saturated rings. The van der Waals surface area contributed by atoms with Gasteiger partial charge in [0.05, 0.1) is 11.5 Å². The van der Waals surface area contributed by atoms with Crippen LogP contribution in [-0.4, -0.2) is 41.1 Å². The lowest BCUT2D eigenvalue weighted by atomic mass is 10.4. The number of rotatable bonds is 8. The molecule has 0 aliphatic rings. The van der Waals surface area contributed by atoms with Crippen molar-refractivity contribution in [1.82, 2.24) is 9.97 Å². The summed E-state index contributed by atoms with van der Waals surface area (Å²) >= 11 is 0. The van der Waals surface area contributed by atoms with Gasteiger partial charge in [0.15, 0.2) is 0 Å². The first-order valence-electron chi connectivity index (χ1n) is 5.12.